The molecule has 0 aromatic heterocycles. The molecule has 1 heterocycles. The van der Waals surface area contributed by atoms with Crippen molar-refractivity contribution in [2.24, 2.45) is 0 Å². The molecule has 0 bridgehead atoms. The zero-order chi connectivity index (χ0) is 14.5. The van der Waals surface area contributed by atoms with Crippen molar-refractivity contribution in [1.29, 1.82) is 0 Å². The number of hydrogen-bond donors (Lipinski definition) is 1. The first-order chi connectivity index (χ1) is 10.4. The van der Waals surface area contributed by atoms with Gasteiger partial charge in [0.1, 0.15) is 11.9 Å². The fourth-order valence-corrected chi connectivity index (χ4v) is 2.85. The summed E-state index contributed by atoms with van der Waals surface area (Å²) in [5, 5.41) is 5.96. The Morgan fingerprint density at radius 2 is 2.05 bits per heavy atom. The molecule has 112 valence electrons. The van der Waals surface area contributed by atoms with Crippen LogP contribution in [0.15, 0.2) is 42.5 Å². The van der Waals surface area contributed by atoms with Crippen molar-refractivity contribution < 1.29 is 9.47 Å². The van der Waals surface area contributed by atoms with Crippen molar-refractivity contribution in [2.75, 3.05) is 19.8 Å². The average Bonchev–Trinajstić information content (AvgIpc) is 2.54. The van der Waals surface area contributed by atoms with Crippen LogP contribution in [0.1, 0.15) is 19.8 Å². The van der Waals surface area contributed by atoms with Crippen LogP contribution >= 0.6 is 0 Å². The van der Waals surface area contributed by atoms with E-state index < -0.39 is 0 Å². The number of hydrogen-bond acceptors (Lipinski definition) is 3. The summed E-state index contributed by atoms with van der Waals surface area (Å²) < 4.78 is 11.9. The predicted octanol–water partition coefficient (Wildman–Crippen LogP) is 3.38. The Morgan fingerprint density at radius 3 is 2.95 bits per heavy atom. The Hall–Kier alpha value is -1.58. The van der Waals surface area contributed by atoms with Gasteiger partial charge in [0.15, 0.2) is 0 Å². The molecule has 0 saturated carbocycles. The van der Waals surface area contributed by atoms with E-state index in [0.29, 0.717) is 12.6 Å². The molecule has 0 radical (unpaired) electrons. The average molecular weight is 285 g/mol. The van der Waals surface area contributed by atoms with Gasteiger partial charge in [-0.2, -0.15) is 0 Å². The molecule has 1 aliphatic heterocycles. The molecule has 2 aromatic rings. The van der Waals surface area contributed by atoms with Crippen LogP contribution in [0.3, 0.4) is 0 Å². The summed E-state index contributed by atoms with van der Waals surface area (Å²) in [6.07, 6.45) is 2.23. The number of rotatable bonds is 5. The van der Waals surface area contributed by atoms with Crippen molar-refractivity contribution in [3.8, 4) is 5.75 Å². The van der Waals surface area contributed by atoms with Crippen LogP contribution in [-0.2, 0) is 4.74 Å². The molecule has 1 fully saturated rings. The minimum atomic E-state index is 0.0797. The Balaban J connectivity index is 1.79. The summed E-state index contributed by atoms with van der Waals surface area (Å²) >= 11 is 0. The molecule has 1 N–H and O–H groups in total. The lowest BCUT2D eigenvalue weighted by Gasteiger charge is -2.32. The van der Waals surface area contributed by atoms with E-state index >= 15 is 0 Å². The first kappa shape index (κ1) is 14.4. The molecule has 2 aromatic carbocycles. The van der Waals surface area contributed by atoms with Crippen molar-refractivity contribution in [3.63, 3.8) is 0 Å². The number of ether oxygens (including phenoxy) is 2. The Bertz CT molecular complexity index is 579. The van der Waals surface area contributed by atoms with Gasteiger partial charge in [-0.25, -0.2) is 0 Å². The maximum Gasteiger partial charge on any atom is 0.137 e. The molecule has 0 amide bonds. The highest BCUT2D eigenvalue weighted by Crippen LogP contribution is 2.27. The molecule has 1 saturated heterocycles. The van der Waals surface area contributed by atoms with Gasteiger partial charge in [-0.3, -0.25) is 0 Å². The van der Waals surface area contributed by atoms with Crippen LogP contribution in [-0.4, -0.2) is 31.9 Å². The molecule has 0 aliphatic carbocycles. The predicted molar refractivity (Wildman–Crippen MR) is 85.9 cm³/mol. The van der Waals surface area contributed by atoms with Gasteiger partial charge in [0.25, 0.3) is 0 Å². The first-order valence-corrected chi connectivity index (χ1v) is 7.84. The second kappa shape index (κ2) is 6.92. The van der Waals surface area contributed by atoms with E-state index in [1.165, 1.54) is 10.8 Å². The molecule has 1 aliphatic rings. The van der Waals surface area contributed by atoms with E-state index in [0.717, 1.165) is 31.7 Å². The highest BCUT2D eigenvalue weighted by Gasteiger charge is 2.27. The molecule has 2 unspecified atom stereocenters. The van der Waals surface area contributed by atoms with Gasteiger partial charge in [0, 0.05) is 18.0 Å². The van der Waals surface area contributed by atoms with Gasteiger partial charge in [-0.05, 0) is 30.8 Å². The molecule has 3 heteroatoms. The Morgan fingerprint density at radius 1 is 1.19 bits per heavy atom. The zero-order valence-electron chi connectivity index (χ0n) is 12.5. The largest absolute Gasteiger partial charge is 0.486 e. The third kappa shape index (κ3) is 3.36. The highest BCUT2D eigenvalue weighted by molar-refractivity contribution is 5.88. The first-order valence-electron chi connectivity index (χ1n) is 7.84. The quantitative estimate of drug-likeness (QED) is 0.913. The molecule has 3 nitrogen and oxygen atoms in total. The monoisotopic (exact) mass is 285 g/mol. The summed E-state index contributed by atoms with van der Waals surface area (Å²) in [5.41, 5.74) is 0. The zero-order valence-corrected chi connectivity index (χ0v) is 12.5. The van der Waals surface area contributed by atoms with Crippen molar-refractivity contribution >= 4 is 10.8 Å². The topological polar surface area (TPSA) is 30.5 Å². The van der Waals surface area contributed by atoms with Gasteiger partial charge in [-0.15, -0.1) is 0 Å². The standard InChI is InChI=1S/C18H23NO2/c1-2-11-19-16-10-12-20-13-18(16)21-17-9-5-7-14-6-3-4-8-15(14)17/h3-9,16,18-19H,2,10-13H2,1H3. The lowest BCUT2D eigenvalue weighted by Crippen LogP contribution is -2.49. The molecular weight excluding hydrogens is 262 g/mol. The van der Waals surface area contributed by atoms with Crippen LogP contribution in [0.5, 0.6) is 5.75 Å². The highest BCUT2D eigenvalue weighted by atomic mass is 16.5. The third-order valence-electron chi connectivity index (χ3n) is 3.99. The number of nitrogens with one attached hydrogen (secondary N) is 1. The van der Waals surface area contributed by atoms with Crippen LogP contribution < -0.4 is 10.1 Å². The summed E-state index contributed by atoms with van der Waals surface area (Å²) in [4.78, 5) is 0. The van der Waals surface area contributed by atoms with Crippen molar-refractivity contribution in [2.45, 2.75) is 31.9 Å². The maximum atomic E-state index is 6.29. The summed E-state index contributed by atoms with van der Waals surface area (Å²) in [5.74, 6) is 0.951. The van der Waals surface area contributed by atoms with E-state index in [-0.39, 0.29) is 6.10 Å². The smallest absolute Gasteiger partial charge is 0.137 e. The Kier molecular flexibility index (Phi) is 4.73. The van der Waals surface area contributed by atoms with Crippen molar-refractivity contribution in [1.82, 2.24) is 5.32 Å². The van der Waals surface area contributed by atoms with Gasteiger partial charge >= 0.3 is 0 Å². The van der Waals surface area contributed by atoms with Crippen LogP contribution in [0.4, 0.5) is 0 Å². The number of benzene rings is 2. The van der Waals surface area contributed by atoms with Crippen LogP contribution in [0, 0.1) is 0 Å². The molecule has 3 rings (SSSR count). The summed E-state index contributed by atoms with van der Waals surface area (Å²) in [6.45, 7) is 4.69. The SMILES string of the molecule is CCCNC1CCOCC1Oc1cccc2ccccc12. The van der Waals surface area contributed by atoms with E-state index in [4.69, 9.17) is 9.47 Å². The lowest BCUT2D eigenvalue weighted by molar-refractivity contribution is -0.0140. The second-order valence-electron chi connectivity index (χ2n) is 5.56. The van der Waals surface area contributed by atoms with Crippen LogP contribution in [0.2, 0.25) is 0 Å². The fraction of sp³-hybridized carbons (Fsp3) is 0.444. The van der Waals surface area contributed by atoms with E-state index in [1.807, 2.05) is 6.07 Å². The van der Waals surface area contributed by atoms with Gasteiger partial charge < -0.3 is 14.8 Å². The second-order valence-corrected chi connectivity index (χ2v) is 5.56. The van der Waals surface area contributed by atoms with Crippen LogP contribution in [0.25, 0.3) is 10.8 Å². The number of fused-ring (bicyclic) bond motifs is 1. The Labute approximate surface area is 126 Å². The van der Waals surface area contributed by atoms with Crippen molar-refractivity contribution in [3.05, 3.63) is 42.5 Å². The molecule has 2 atom stereocenters. The molecule has 21 heavy (non-hydrogen) atoms. The molecule has 0 spiro atoms. The van der Waals surface area contributed by atoms with Gasteiger partial charge in [-0.1, -0.05) is 43.3 Å². The minimum absolute atomic E-state index is 0.0797. The summed E-state index contributed by atoms with van der Waals surface area (Å²) in [7, 11) is 0. The summed E-state index contributed by atoms with van der Waals surface area (Å²) in [6, 6.07) is 14.9. The normalized spacial score (nSPS) is 22.3. The van der Waals surface area contributed by atoms with Gasteiger partial charge in [0.05, 0.1) is 6.61 Å². The fourth-order valence-electron chi connectivity index (χ4n) is 2.85. The molecular formula is C18H23NO2. The van der Waals surface area contributed by atoms with E-state index in [9.17, 15) is 0 Å². The van der Waals surface area contributed by atoms with Gasteiger partial charge in [0.2, 0.25) is 0 Å². The lowest BCUT2D eigenvalue weighted by atomic mass is 10.1. The minimum Gasteiger partial charge on any atom is -0.486 e. The van der Waals surface area contributed by atoms with E-state index in [2.05, 4.69) is 48.6 Å². The van der Waals surface area contributed by atoms with E-state index in [1.54, 1.807) is 0 Å². The maximum absolute atomic E-state index is 6.29. The third-order valence-corrected chi connectivity index (χ3v) is 3.99.